The van der Waals surface area contributed by atoms with Gasteiger partial charge in [-0.25, -0.2) is 0 Å². The molecule has 1 aromatic rings. The molecule has 0 saturated carbocycles. The summed E-state index contributed by atoms with van der Waals surface area (Å²) in [4.78, 5) is 0. The third kappa shape index (κ3) is 20.8. The zero-order chi connectivity index (χ0) is 18.8. The summed E-state index contributed by atoms with van der Waals surface area (Å²) in [5.74, 6) is 0.382. The zero-order valence-corrected chi connectivity index (χ0v) is 15.1. The van der Waals surface area contributed by atoms with E-state index in [9.17, 15) is 21.9 Å². The molecule has 1 rings (SSSR count). The predicted octanol–water partition coefficient (Wildman–Crippen LogP) is 0.942. The van der Waals surface area contributed by atoms with E-state index in [1.807, 2.05) is 26.0 Å². The van der Waals surface area contributed by atoms with E-state index < -0.39 is 20.2 Å². The summed E-state index contributed by atoms with van der Waals surface area (Å²) in [5, 5.41) is 18.2. The third-order valence-corrected chi connectivity index (χ3v) is 2.17. The lowest BCUT2D eigenvalue weighted by Gasteiger charge is -2.06. The number of aliphatic hydroxyl groups is 1. The highest BCUT2D eigenvalue weighted by atomic mass is 32.2. The molecule has 0 atom stereocenters. The van der Waals surface area contributed by atoms with Crippen LogP contribution in [0.4, 0.5) is 0 Å². The second-order valence-corrected chi connectivity index (χ2v) is 7.80. The molecule has 0 spiro atoms. The molecule has 23 heavy (non-hydrogen) atoms. The summed E-state index contributed by atoms with van der Waals surface area (Å²) in [6.45, 7) is 4.01. The molecule has 0 aliphatic rings. The molecule has 0 radical (unpaired) electrons. The zero-order valence-electron chi connectivity index (χ0n) is 13.5. The standard InChI is InChI=1S/C11H16O2.2CH4O3S/c1-8-6-10(4-3-5-12)7-9(2)11(8)13;2*1-5(2,3)4/h6-7,12-13H,3-5H2,1-2H3;2*1H3,(H,2,3,4). The van der Waals surface area contributed by atoms with Crippen LogP contribution in [-0.2, 0) is 26.7 Å². The Kier molecular flexibility index (Phi) is 11.0. The van der Waals surface area contributed by atoms with Gasteiger partial charge in [0.1, 0.15) is 5.75 Å². The second kappa shape index (κ2) is 10.6. The maximum absolute atomic E-state index is 9.51. The van der Waals surface area contributed by atoms with Gasteiger partial charge in [-0.15, -0.1) is 0 Å². The number of rotatable bonds is 3. The Hall–Kier alpha value is -1.20. The molecule has 0 saturated heterocycles. The van der Waals surface area contributed by atoms with Gasteiger partial charge in [0.25, 0.3) is 20.2 Å². The Morgan fingerprint density at radius 1 is 0.913 bits per heavy atom. The molecule has 136 valence electrons. The number of aryl methyl sites for hydroxylation is 3. The van der Waals surface area contributed by atoms with Gasteiger partial charge in [-0.2, -0.15) is 16.8 Å². The first kappa shape index (κ1) is 24.1. The largest absolute Gasteiger partial charge is 0.507 e. The molecule has 0 fully saturated rings. The average Bonchev–Trinajstić information content (AvgIpc) is 2.29. The van der Waals surface area contributed by atoms with Gasteiger partial charge in [0, 0.05) is 6.61 Å². The molecule has 0 heterocycles. The number of hydrogen-bond donors (Lipinski definition) is 4. The fourth-order valence-electron chi connectivity index (χ4n) is 1.47. The molecule has 1 aromatic carbocycles. The summed E-state index contributed by atoms with van der Waals surface area (Å²) >= 11 is 0. The normalized spacial score (nSPS) is 10.9. The lowest BCUT2D eigenvalue weighted by atomic mass is 10.0. The summed E-state index contributed by atoms with van der Waals surface area (Å²) < 4.78 is 51.7. The minimum absolute atomic E-state index is 0.221. The van der Waals surface area contributed by atoms with E-state index in [2.05, 4.69) is 0 Å². The molecule has 0 aromatic heterocycles. The van der Waals surface area contributed by atoms with Crippen molar-refractivity contribution in [3.05, 3.63) is 28.8 Å². The number of phenols is 1. The van der Waals surface area contributed by atoms with Gasteiger partial charge >= 0.3 is 0 Å². The Morgan fingerprint density at radius 3 is 1.48 bits per heavy atom. The van der Waals surface area contributed by atoms with Gasteiger partial charge in [0.2, 0.25) is 0 Å². The van der Waals surface area contributed by atoms with Crippen LogP contribution in [0, 0.1) is 13.8 Å². The number of aromatic hydroxyl groups is 1. The van der Waals surface area contributed by atoms with Crippen molar-refractivity contribution >= 4 is 20.2 Å². The Morgan fingerprint density at radius 2 is 1.22 bits per heavy atom. The molecular formula is C13H24O8S2. The summed E-state index contributed by atoms with van der Waals surface area (Å²) in [5.41, 5.74) is 3.00. The maximum Gasteiger partial charge on any atom is 0.261 e. The van der Waals surface area contributed by atoms with Gasteiger partial charge in [-0.1, -0.05) is 12.1 Å². The van der Waals surface area contributed by atoms with Crippen molar-refractivity contribution in [2.45, 2.75) is 26.7 Å². The number of phenolic OH excluding ortho intramolecular Hbond substituents is 1. The molecule has 0 unspecified atom stereocenters. The Labute approximate surface area is 137 Å². The van der Waals surface area contributed by atoms with Crippen LogP contribution in [0.25, 0.3) is 0 Å². The van der Waals surface area contributed by atoms with Gasteiger partial charge in [-0.05, 0) is 43.4 Å². The summed E-state index contributed by atoms with van der Waals surface area (Å²) in [6, 6.07) is 3.94. The molecule has 0 aliphatic carbocycles. The van der Waals surface area contributed by atoms with E-state index in [1.54, 1.807) is 0 Å². The van der Waals surface area contributed by atoms with Crippen LogP contribution in [0.2, 0.25) is 0 Å². The average molecular weight is 372 g/mol. The predicted molar refractivity (Wildman–Crippen MR) is 87.9 cm³/mol. The van der Waals surface area contributed by atoms with Crippen LogP contribution in [0.5, 0.6) is 5.75 Å². The smallest absolute Gasteiger partial charge is 0.261 e. The Bertz CT molecular complexity index is 609. The summed E-state index contributed by atoms with van der Waals surface area (Å²) in [7, 11) is -7.33. The molecule has 8 nitrogen and oxygen atoms in total. The van der Waals surface area contributed by atoms with Crippen molar-refractivity contribution in [1.29, 1.82) is 0 Å². The quantitative estimate of drug-likeness (QED) is 0.573. The van der Waals surface area contributed by atoms with Crippen molar-refractivity contribution in [3.8, 4) is 5.75 Å². The van der Waals surface area contributed by atoms with Crippen molar-refractivity contribution in [3.63, 3.8) is 0 Å². The topological polar surface area (TPSA) is 149 Å². The monoisotopic (exact) mass is 372 g/mol. The van der Waals surface area contributed by atoms with E-state index in [4.69, 9.17) is 14.2 Å². The third-order valence-electron chi connectivity index (χ3n) is 2.17. The second-order valence-electron chi connectivity index (χ2n) is 4.87. The molecule has 0 aliphatic heterocycles. The summed E-state index contributed by atoms with van der Waals surface area (Å²) in [6.07, 6.45) is 3.09. The molecule has 4 N–H and O–H groups in total. The van der Waals surface area contributed by atoms with Crippen molar-refractivity contribution < 1.29 is 36.2 Å². The van der Waals surface area contributed by atoms with E-state index in [-0.39, 0.29) is 6.61 Å². The van der Waals surface area contributed by atoms with Crippen LogP contribution < -0.4 is 0 Å². The number of aliphatic hydroxyl groups excluding tert-OH is 1. The van der Waals surface area contributed by atoms with Gasteiger partial charge in [0.15, 0.2) is 0 Å². The molecular weight excluding hydrogens is 348 g/mol. The molecule has 10 heteroatoms. The fourth-order valence-corrected chi connectivity index (χ4v) is 1.47. The SMILES string of the molecule is CS(=O)(=O)O.CS(=O)(=O)O.Cc1cc(CCCO)cc(C)c1O. The lowest BCUT2D eigenvalue weighted by Crippen LogP contribution is -1.92. The lowest BCUT2D eigenvalue weighted by molar-refractivity contribution is 0.288. The van der Waals surface area contributed by atoms with Crippen LogP contribution in [0.1, 0.15) is 23.1 Å². The van der Waals surface area contributed by atoms with Crippen molar-refractivity contribution in [1.82, 2.24) is 0 Å². The minimum atomic E-state index is -3.67. The number of benzene rings is 1. The highest BCUT2D eigenvalue weighted by Crippen LogP contribution is 2.23. The van der Waals surface area contributed by atoms with Crippen molar-refractivity contribution in [2.75, 3.05) is 19.1 Å². The van der Waals surface area contributed by atoms with Gasteiger partial charge in [-0.3, -0.25) is 9.11 Å². The van der Waals surface area contributed by atoms with Crippen LogP contribution in [0.15, 0.2) is 12.1 Å². The van der Waals surface area contributed by atoms with Crippen LogP contribution in [-0.4, -0.2) is 55.3 Å². The first-order chi connectivity index (χ1) is 10.1. The Balaban J connectivity index is 0. The van der Waals surface area contributed by atoms with E-state index in [1.165, 1.54) is 5.56 Å². The molecule has 0 amide bonds. The first-order valence-corrected chi connectivity index (χ1v) is 10.1. The number of hydrogen-bond acceptors (Lipinski definition) is 6. The first-order valence-electron chi connectivity index (χ1n) is 6.40. The van der Waals surface area contributed by atoms with Gasteiger partial charge in [0.05, 0.1) is 12.5 Å². The van der Waals surface area contributed by atoms with Crippen LogP contribution in [0.3, 0.4) is 0 Å². The van der Waals surface area contributed by atoms with Crippen LogP contribution >= 0.6 is 0 Å². The maximum atomic E-state index is 9.51. The minimum Gasteiger partial charge on any atom is -0.507 e. The highest BCUT2D eigenvalue weighted by Gasteiger charge is 2.02. The molecule has 0 bridgehead atoms. The fraction of sp³-hybridized carbons (Fsp3) is 0.538. The van der Waals surface area contributed by atoms with E-state index in [0.717, 1.165) is 24.0 Å². The highest BCUT2D eigenvalue weighted by molar-refractivity contribution is 7.85. The van der Waals surface area contributed by atoms with E-state index in [0.29, 0.717) is 18.3 Å². The van der Waals surface area contributed by atoms with Gasteiger partial charge < -0.3 is 10.2 Å². The van der Waals surface area contributed by atoms with E-state index >= 15 is 0 Å². The van der Waals surface area contributed by atoms with Crippen molar-refractivity contribution in [2.24, 2.45) is 0 Å².